The highest BCUT2D eigenvalue weighted by Gasteiger charge is 2.17. The number of carbonyl (C=O) groups excluding carboxylic acids is 1. The van der Waals surface area contributed by atoms with Crippen LogP contribution in [0.5, 0.6) is 5.75 Å². The van der Waals surface area contributed by atoms with Crippen molar-refractivity contribution in [1.82, 2.24) is 10.3 Å². The molecule has 1 amide bonds. The molecule has 0 aliphatic rings. The molecule has 20 heavy (non-hydrogen) atoms. The molecule has 0 bridgehead atoms. The van der Waals surface area contributed by atoms with E-state index in [9.17, 15) is 4.79 Å². The van der Waals surface area contributed by atoms with Gasteiger partial charge in [-0.3, -0.25) is 9.78 Å². The zero-order chi connectivity index (χ0) is 14.4. The Balaban J connectivity index is 1.91. The van der Waals surface area contributed by atoms with Gasteiger partial charge in [0, 0.05) is 6.20 Å². The van der Waals surface area contributed by atoms with Crippen LogP contribution in [0.25, 0.3) is 0 Å². The lowest BCUT2D eigenvalue weighted by molar-refractivity contribution is -0.127. The second-order valence-electron chi connectivity index (χ2n) is 4.56. The predicted octanol–water partition coefficient (Wildman–Crippen LogP) is 2.73. The van der Waals surface area contributed by atoms with E-state index in [-0.39, 0.29) is 11.9 Å². The zero-order valence-corrected chi connectivity index (χ0v) is 11.6. The number of aromatic nitrogens is 1. The highest BCUT2D eigenvalue weighted by atomic mass is 16.5. The van der Waals surface area contributed by atoms with Crippen molar-refractivity contribution in [2.75, 3.05) is 0 Å². The molecule has 2 rings (SSSR count). The van der Waals surface area contributed by atoms with Gasteiger partial charge < -0.3 is 10.1 Å². The third-order valence-corrected chi connectivity index (χ3v) is 2.92. The van der Waals surface area contributed by atoms with Gasteiger partial charge >= 0.3 is 0 Å². The van der Waals surface area contributed by atoms with Gasteiger partial charge in [0.2, 0.25) is 0 Å². The quantitative estimate of drug-likeness (QED) is 0.909. The molecule has 104 valence electrons. The van der Waals surface area contributed by atoms with Crippen LogP contribution in [0, 0.1) is 0 Å². The molecule has 1 N–H and O–H groups in total. The number of benzene rings is 1. The molecule has 0 saturated heterocycles. The maximum atomic E-state index is 12.1. The normalized spacial score (nSPS) is 13.3. The highest BCUT2D eigenvalue weighted by Crippen LogP contribution is 2.12. The van der Waals surface area contributed by atoms with Gasteiger partial charge in [0.1, 0.15) is 5.75 Å². The monoisotopic (exact) mass is 270 g/mol. The molecule has 0 saturated carbocycles. The van der Waals surface area contributed by atoms with Gasteiger partial charge in [-0.25, -0.2) is 0 Å². The molecule has 0 aliphatic heterocycles. The molecule has 0 aliphatic carbocycles. The number of para-hydroxylation sites is 1. The summed E-state index contributed by atoms with van der Waals surface area (Å²) in [6.45, 7) is 3.63. The molecule has 0 radical (unpaired) electrons. The first-order chi connectivity index (χ1) is 9.66. The van der Waals surface area contributed by atoms with Crippen LogP contribution < -0.4 is 10.1 Å². The van der Waals surface area contributed by atoms with Gasteiger partial charge in [-0.1, -0.05) is 24.3 Å². The number of ether oxygens (including phenoxy) is 1. The minimum absolute atomic E-state index is 0.148. The Morgan fingerprint density at radius 1 is 1.10 bits per heavy atom. The van der Waals surface area contributed by atoms with E-state index in [1.807, 2.05) is 55.5 Å². The van der Waals surface area contributed by atoms with Crippen LogP contribution in [0.4, 0.5) is 0 Å². The fourth-order valence-electron chi connectivity index (χ4n) is 1.79. The van der Waals surface area contributed by atoms with E-state index in [1.165, 1.54) is 0 Å². The summed E-state index contributed by atoms with van der Waals surface area (Å²) in [6.07, 6.45) is 1.16. The van der Waals surface area contributed by atoms with E-state index < -0.39 is 6.10 Å². The Bertz CT molecular complexity index is 543. The molecule has 1 aromatic carbocycles. The minimum Gasteiger partial charge on any atom is -0.481 e. The van der Waals surface area contributed by atoms with Crippen molar-refractivity contribution in [3.63, 3.8) is 0 Å². The summed E-state index contributed by atoms with van der Waals surface area (Å²) >= 11 is 0. The molecule has 1 aromatic heterocycles. The SMILES string of the molecule is CC(Oc1ccccc1)C(=O)NC(C)c1ccccn1. The smallest absolute Gasteiger partial charge is 0.261 e. The lowest BCUT2D eigenvalue weighted by atomic mass is 10.2. The molecule has 4 heteroatoms. The Labute approximate surface area is 118 Å². The predicted molar refractivity (Wildman–Crippen MR) is 77.3 cm³/mol. The third kappa shape index (κ3) is 3.82. The first kappa shape index (κ1) is 14.1. The van der Waals surface area contributed by atoms with E-state index >= 15 is 0 Å². The third-order valence-electron chi connectivity index (χ3n) is 2.92. The summed E-state index contributed by atoms with van der Waals surface area (Å²) in [4.78, 5) is 16.3. The second-order valence-corrected chi connectivity index (χ2v) is 4.56. The van der Waals surface area contributed by atoms with Crippen LogP contribution in [0.2, 0.25) is 0 Å². The average Bonchev–Trinajstić information content (AvgIpc) is 2.49. The van der Waals surface area contributed by atoms with Gasteiger partial charge in [-0.15, -0.1) is 0 Å². The molecular weight excluding hydrogens is 252 g/mol. The number of pyridine rings is 1. The number of rotatable bonds is 5. The van der Waals surface area contributed by atoms with Crippen LogP contribution in [-0.2, 0) is 4.79 Å². The van der Waals surface area contributed by atoms with Crippen molar-refractivity contribution in [3.8, 4) is 5.75 Å². The standard InChI is InChI=1S/C16H18N2O2/c1-12(15-10-6-7-11-17-15)18-16(19)13(2)20-14-8-4-3-5-9-14/h3-13H,1-2H3,(H,18,19). The van der Waals surface area contributed by atoms with Crippen molar-refractivity contribution in [2.45, 2.75) is 26.0 Å². The number of hydrogen-bond acceptors (Lipinski definition) is 3. The Kier molecular flexibility index (Phi) is 4.71. The first-order valence-corrected chi connectivity index (χ1v) is 6.60. The van der Waals surface area contributed by atoms with Gasteiger partial charge in [0.15, 0.2) is 6.10 Å². The summed E-state index contributed by atoms with van der Waals surface area (Å²) < 4.78 is 5.58. The van der Waals surface area contributed by atoms with Crippen molar-refractivity contribution >= 4 is 5.91 Å². The van der Waals surface area contributed by atoms with E-state index in [0.29, 0.717) is 5.75 Å². The number of nitrogens with one attached hydrogen (secondary N) is 1. The van der Waals surface area contributed by atoms with Crippen molar-refractivity contribution < 1.29 is 9.53 Å². The lowest BCUT2D eigenvalue weighted by Crippen LogP contribution is -2.38. The van der Waals surface area contributed by atoms with Gasteiger partial charge in [0.05, 0.1) is 11.7 Å². The van der Waals surface area contributed by atoms with E-state index in [4.69, 9.17) is 4.74 Å². The van der Waals surface area contributed by atoms with Crippen LogP contribution in [0.1, 0.15) is 25.6 Å². The Morgan fingerprint density at radius 3 is 2.45 bits per heavy atom. The molecule has 0 fully saturated rings. The van der Waals surface area contributed by atoms with Crippen molar-refractivity contribution in [2.24, 2.45) is 0 Å². The molecule has 2 unspecified atom stereocenters. The number of carbonyl (C=O) groups is 1. The van der Waals surface area contributed by atoms with E-state index in [2.05, 4.69) is 10.3 Å². The Morgan fingerprint density at radius 2 is 1.80 bits per heavy atom. The highest BCUT2D eigenvalue weighted by molar-refractivity contribution is 5.81. The summed E-state index contributed by atoms with van der Waals surface area (Å²) in [7, 11) is 0. The van der Waals surface area contributed by atoms with Crippen LogP contribution in [0.15, 0.2) is 54.7 Å². The van der Waals surface area contributed by atoms with Crippen molar-refractivity contribution in [1.29, 1.82) is 0 Å². The fourth-order valence-corrected chi connectivity index (χ4v) is 1.79. The number of nitrogens with zero attached hydrogens (tertiary/aromatic N) is 1. The number of amides is 1. The molecule has 1 heterocycles. The van der Waals surface area contributed by atoms with Gasteiger partial charge in [-0.2, -0.15) is 0 Å². The maximum absolute atomic E-state index is 12.1. The number of hydrogen-bond donors (Lipinski definition) is 1. The molecular formula is C16H18N2O2. The van der Waals surface area contributed by atoms with Crippen LogP contribution >= 0.6 is 0 Å². The molecule has 2 aromatic rings. The van der Waals surface area contributed by atoms with Crippen LogP contribution in [-0.4, -0.2) is 17.0 Å². The summed E-state index contributed by atoms with van der Waals surface area (Å²) in [5.41, 5.74) is 0.827. The summed E-state index contributed by atoms with van der Waals surface area (Å²) in [5.74, 6) is 0.521. The zero-order valence-electron chi connectivity index (χ0n) is 11.6. The molecule has 2 atom stereocenters. The minimum atomic E-state index is -0.552. The van der Waals surface area contributed by atoms with E-state index in [0.717, 1.165) is 5.69 Å². The maximum Gasteiger partial charge on any atom is 0.261 e. The van der Waals surface area contributed by atoms with Crippen molar-refractivity contribution in [3.05, 3.63) is 60.4 Å². The molecule has 0 spiro atoms. The van der Waals surface area contributed by atoms with Gasteiger partial charge in [-0.05, 0) is 38.1 Å². The van der Waals surface area contributed by atoms with Crippen LogP contribution in [0.3, 0.4) is 0 Å². The largest absolute Gasteiger partial charge is 0.481 e. The van der Waals surface area contributed by atoms with E-state index in [1.54, 1.807) is 13.1 Å². The lowest BCUT2D eigenvalue weighted by Gasteiger charge is -2.18. The van der Waals surface area contributed by atoms with Gasteiger partial charge in [0.25, 0.3) is 5.91 Å². The average molecular weight is 270 g/mol. The Hall–Kier alpha value is -2.36. The fraction of sp³-hybridized carbons (Fsp3) is 0.250. The second kappa shape index (κ2) is 6.70. The topological polar surface area (TPSA) is 51.2 Å². The first-order valence-electron chi connectivity index (χ1n) is 6.60. The summed E-state index contributed by atoms with van der Waals surface area (Å²) in [5, 5.41) is 2.89. The summed E-state index contributed by atoms with van der Waals surface area (Å²) in [6, 6.07) is 14.8. The molecule has 4 nitrogen and oxygen atoms in total.